The van der Waals surface area contributed by atoms with Gasteiger partial charge in [0.1, 0.15) is 5.25 Å². The van der Waals surface area contributed by atoms with Crippen LogP contribution < -0.4 is 0 Å². The molecule has 72 valence electrons. The molecule has 0 saturated carbocycles. The van der Waals surface area contributed by atoms with Gasteiger partial charge in [0.2, 0.25) is 0 Å². The average Bonchev–Trinajstić information content (AvgIpc) is 2.03. The van der Waals surface area contributed by atoms with Crippen LogP contribution in [0.3, 0.4) is 0 Å². The van der Waals surface area contributed by atoms with Crippen molar-refractivity contribution in [2.45, 2.75) is 18.6 Å². The predicted octanol–water partition coefficient (Wildman–Crippen LogP) is 0.245. The quantitative estimate of drug-likeness (QED) is 0.615. The van der Waals surface area contributed by atoms with E-state index in [-0.39, 0.29) is 0 Å². The number of hydrogen-bond donors (Lipinski definition) is 1. The molecule has 2 atom stereocenters. The molecule has 0 aromatic carbocycles. The van der Waals surface area contributed by atoms with E-state index in [4.69, 9.17) is 9.84 Å². The van der Waals surface area contributed by atoms with Crippen LogP contribution in [0.2, 0.25) is 0 Å². The van der Waals surface area contributed by atoms with Crippen molar-refractivity contribution >= 4 is 16.8 Å². The summed E-state index contributed by atoms with van der Waals surface area (Å²) in [6, 6.07) is 0. The van der Waals surface area contributed by atoms with E-state index in [1.54, 1.807) is 7.11 Å². The third kappa shape index (κ3) is 4.46. The standard InChI is InChI=1S/C7H14O4S/c1-6(7(8)9)12(10)5-3-4-11-2/h6H,3-5H2,1-2H3,(H,8,9). The number of hydrogen-bond acceptors (Lipinski definition) is 3. The second-order valence-electron chi connectivity index (χ2n) is 2.41. The number of carboxylic acid groups (broad SMARTS) is 1. The molecule has 0 aliphatic carbocycles. The van der Waals surface area contributed by atoms with E-state index in [1.165, 1.54) is 6.92 Å². The summed E-state index contributed by atoms with van der Waals surface area (Å²) < 4.78 is 15.9. The Morgan fingerprint density at radius 2 is 2.25 bits per heavy atom. The van der Waals surface area contributed by atoms with Gasteiger partial charge in [-0.1, -0.05) is 0 Å². The monoisotopic (exact) mass is 194 g/mol. The van der Waals surface area contributed by atoms with Crippen molar-refractivity contribution < 1.29 is 18.8 Å². The number of ether oxygens (including phenoxy) is 1. The van der Waals surface area contributed by atoms with Crippen molar-refractivity contribution in [3.8, 4) is 0 Å². The fourth-order valence-electron chi connectivity index (χ4n) is 0.635. The number of methoxy groups -OCH3 is 1. The maximum atomic E-state index is 11.1. The molecule has 0 aromatic heterocycles. The smallest absolute Gasteiger partial charge is 0.318 e. The summed E-state index contributed by atoms with van der Waals surface area (Å²) in [4.78, 5) is 10.3. The lowest BCUT2D eigenvalue weighted by Crippen LogP contribution is -2.24. The maximum absolute atomic E-state index is 11.1. The summed E-state index contributed by atoms with van der Waals surface area (Å²) in [6.07, 6.45) is 0.640. The number of carbonyl (C=O) groups is 1. The van der Waals surface area contributed by atoms with Crippen molar-refractivity contribution in [1.29, 1.82) is 0 Å². The maximum Gasteiger partial charge on any atom is 0.318 e. The second-order valence-corrected chi connectivity index (χ2v) is 4.29. The van der Waals surface area contributed by atoms with Crippen LogP contribution in [0.4, 0.5) is 0 Å². The fourth-order valence-corrected chi connectivity index (χ4v) is 1.62. The van der Waals surface area contributed by atoms with Crippen LogP contribution in [0.5, 0.6) is 0 Å². The highest BCUT2D eigenvalue weighted by atomic mass is 32.2. The van der Waals surface area contributed by atoms with Crippen LogP contribution in [0.1, 0.15) is 13.3 Å². The Morgan fingerprint density at radius 1 is 1.67 bits per heavy atom. The van der Waals surface area contributed by atoms with Crippen molar-refractivity contribution in [3.63, 3.8) is 0 Å². The zero-order valence-electron chi connectivity index (χ0n) is 7.28. The van der Waals surface area contributed by atoms with Gasteiger partial charge in [-0.3, -0.25) is 9.00 Å². The molecule has 0 amide bonds. The lowest BCUT2D eigenvalue weighted by atomic mass is 10.5. The predicted molar refractivity (Wildman–Crippen MR) is 46.6 cm³/mol. The molecule has 0 aliphatic heterocycles. The highest BCUT2D eigenvalue weighted by Crippen LogP contribution is 1.98. The summed E-state index contributed by atoms with van der Waals surface area (Å²) in [7, 11) is 0.283. The van der Waals surface area contributed by atoms with Crippen molar-refractivity contribution in [2.24, 2.45) is 0 Å². The molecule has 0 saturated heterocycles. The van der Waals surface area contributed by atoms with E-state index in [1.807, 2.05) is 0 Å². The van der Waals surface area contributed by atoms with Crippen molar-refractivity contribution in [2.75, 3.05) is 19.5 Å². The normalized spacial score (nSPS) is 15.5. The van der Waals surface area contributed by atoms with E-state index in [9.17, 15) is 9.00 Å². The molecule has 0 aromatic rings. The first-order valence-electron chi connectivity index (χ1n) is 3.68. The second kappa shape index (κ2) is 6.14. The largest absolute Gasteiger partial charge is 0.480 e. The van der Waals surface area contributed by atoms with Gasteiger partial charge in [0.15, 0.2) is 0 Å². The van der Waals surface area contributed by atoms with Crippen molar-refractivity contribution in [1.82, 2.24) is 0 Å². The van der Waals surface area contributed by atoms with Gasteiger partial charge in [-0.15, -0.1) is 0 Å². The molecule has 0 fully saturated rings. The van der Waals surface area contributed by atoms with Crippen LogP contribution in [0, 0.1) is 0 Å². The van der Waals surface area contributed by atoms with Crippen LogP contribution in [-0.4, -0.2) is 40.0 Å². The van der Waals surface area contributed by atoms with Gasteiger partial charge in [0.25, 0.3) is 0 Å². The van der Waals surface area contributed by atoms with Gasteiger partial charge in [-0.05, 0) is 13.3 Å². The topological polar surface area (TPSA) is 63.6 Å². The SMILES string of the molecule is COCCCS(=O)C(C)C(=O)O. The number of aliphatic carboxylic acids is 1. The van der Waals surface area contributed by atoms with Gasteiger partial charge in [0, 0.05) is 30.3 Å². The molecular formula is C7H14O4S. The summed E-state index contributed by atoms with van der Waals surface area (Å²) >= 11 is 0. The van der Waals surface area contributed by atoms with Crippen LogP contribution in [-0.2, 0) is 20.3 Å². The van der Waals surface area contributed by atoms with Gasteiger partial charge < -0.3 is 9.84 Å². The van der Waals surface area contributed by atoms with Crippen LogP contribution in [0.15, 0.2) is 0 Å². The Balaban J connectivity index is 3.65. The average molecular weight is 194 g/mol. The van der Waals surface area contributed by atoms with Gasteiger partial charge in [-0.25, -0.2) is 0 Å². The Kier molecular flexibility index (Phi) is 5.92. The first-order valence-corrected chi connectivity index (χ1v) is 5.06. The molecule has 0 rings (SSSR count). The number of rotatable bonds is 6. The minimum absolute atomic E-state index is 0.390. The van der Waals surface area contributed by atoms with Crippen molar-refractivity contribution in [3.05, 3.63) is 0 Å². The van der Waals surface area contributed by atoms with Gasteiger partial charge in [-0.2, -0.15) is 0 Å². The van der Waals surface area contributed by atoms with Gasteiger partial charge >= 0.3 is 5.97 Å². The molecule has 0 spiro atoms. The Morgan fingerprint density at radius 3 is 2.67 bits per heavy atom. The number of carboxylic acids is 1. The van der Waals surface area contributed by atoms with E-state index in [2.05, 4.69) is 0 Å². The lowest BCUT2D eigenvalue weighted by molar-refractivity contribution is -0.136. The Hall–Kier alpha value is -0.420. The first-order chi connectivity index (χ1) is 5.59. The van der Waals surface area contributed by atoms with Gasteiger partial charge in [0.05, 0.1) is 0 Å². The summed E-state index contributed by atoms with van der Waals surface area (Å²) in [6.45, 7) is 1.98. The molecule has 1 N–H and O–H groups in total. The zero-order chi connectivity index (χ0) is 9.56. The summed E-state index contributed by atoms with van der Waals surface area (Å²) in [5.41, 5.74) is 0. The highest BCUT2D eigenvalue weighted by Gasteiger charge is 2.17. The lowest BCUT2D eigenvalue weighted by Gasteiger charge is -2.05. The highest BCUT2D eigenvalue weighted by molar-refractivity contribution is 7.86. The molecule has 0 bridgehead atoms. The molecule has 0 aliphatic rings. The summed E-state index contributed by atoms with van der Waals surface area (Å²) in [5.74, 6) is -0.618. The van der Waals surface area contributed by atoms with Crippen LogP contribution >= 0.6 is 0 Å². The molecule has 4 nitrogen and oxygen atoms in total. The van der Waals surface area contributed by atoms with E-state index in [0.29, 0.717) is 18.8 Å². The minimum atomic E-state index is -1.28. The molecule has 12 heavy (non-hydrogen) atoms. The Bertz CT molecular complexity index is 169. The Labute approximate surface area is 74.4 Å². The fraction of sp³-hybridized carbons (Fsp3) is 0.857. The molecule has 5 heteroatoms. The third-order valence-corrected chi connectivity index (χ3v) is 3.12. The molecule has 2 unspecified atom stereocenters. The molecule has 0 heterocycles. The van der Waals surface area contributed by atoms with E-state index in [0.717, 1.165) is 0 Å². The van der Waals surface area contributed by atoms with E-state index >= 15 is 0 Å². The third-order valence-electron chi connectivity index (χ3n) is 1.44. The van der Waals surface area contributed by atoms with Crippen LogP contribution in [0.25, 0.3) is 0 Å². The minimum Gasteiger partial charge on any atom is -0.480 e. The van der Waals surface area contributed by atoms with E-state index < -0.39 is 22.0 Å². The first kappa shape index (κ1) is 11.6. The molecular weight excluding hydrogens is 180 g/mol. The molecule has 0 radical (unpaired) electrons. The summed E-state index contributed by atoms with van der Waals surface area (Å²) in [5, 5.41) is 7.71. The zero-order valence-corrected chi connectivity index (χ0v) is 8.10.